The van der Waals surface area contributed by atoms with E-state index in [9.17, 15) is 4.79 Å². The average molecular weight is 336 g/mol. The fourth-order valence-electron chi connectivity index (χ4n) is 3.22. The number of hydrogen-bond acceptors (Lipinski definition) is 4. The minimum absolute atomic E-state index is 0.0123. The number of amides is 1. The lowest BCUT2D eigenvalue weighted by molar-refractivity contribution is -0.0123. The van der Waals surface area contributed by atoms with Gasteiger partial charge in [0.2, 0.25) is 0 Å². The molecule has 0 spiro atoms. The van der Waals surface area contributed by atoms with Gasteiger partial charge in [-0.25, -0.2) is 4.98 Å². The fraction of sp³-hybridized carbons (Fsp3) is 0.300. The molecule has 1 saturated heterocycles. The molecule has 1 amide bonds. The number of carbonyl (C=O) groups is 1. The molecule has 0 unspecified atom stereocenters. The number of fused-ring (bicyclic) bond motifs is 1. The van der Waals surface area contributed by atoms with Crippen molar-refractivity contribution in [3.8, 4) is 11.5 Å². The zero-order valence-electron chi connectivity index (χ0n) is 14.4. The van der Waals surface area contributed by atoms with Crippen molar-refractivity contribution in [2.24, 2.45) is 0 Å². The van der Waals surface area contributed by atoms with Crippen LogP contribution >= 0.6 is 0 Å². The van der Waals surface area contributed by atoms with Gasteiger partial charge in [-0.2, -0.15) is 0 Å². The van der Waals surface area contributed by atoms with Crippen LogP contribution < -0.4 is 0 Å². The number of furan rings is 1. The molecule has 3 aromatic rings. The molecule has 0 N–H and O–H groups in total. The fourth-order valence-corrected chi connectivity index (χ4v) is 3.22. The first-order valence-corrected chi connectivity index (χ1v) is 8.49. The summed E-state index contributed by atoms with van der Waals surface area (Å²) < 4.78 is 11.3. The molecule has 1 aliphatic heterocycles. The Morgan fingerprint density at radius 1 is 1.24 bits per heavy atom. The highest BCUT2D eigenvalue weighted by molar-refractivity contribution is 6.07. The van der Waals surface area contributed by atoms with E-state index in [2.05, 4.69) is 4.98 Å². The van der Waals surface area contributed by atoms with Crippen LogP contribution in [0.1, 0.15) is 23.0 Å². The second-order valence-corrected chi connectivity index (χ2v) is 6.42. The maximum atomic E-state index is 13.2. The van der Waals surface area contributed by atoms with Crippen LogP contribution in [-0.4, -0.2) is 41.6 Å². The van der Waals surface area contributed by atoms with Gasteiger partial charge in [0.05, 0.1) is 23.8 Å². The Balaban J connectivity index is 1.82. The van der Waals surface area contributed by atoms with Crippen molar-refractivity contribution in [2.75, 3.05) is 19.7 Å². The van der Waals surface area contributed by atoms with Crippen molar-refractivity contribution < 1.29 is 13.9 Å². The molecule has 1 atom stereocenters. The van der Waals surface area contributed by atoms with Gasteiger partial charge in [-0.1, -0.05) is 18.2 Å². The lowest BCUT2D eigenvalue weighted by Gasteiger charge is -2.31. The maximum absolute atomic E-state index is 13.2. The van der Waals surface area contributed by atoms with Crippen LogP contribution in [0, 0.1) is 6.92 Å². The van der Waals surface area contributed by atoms with E-state index < -0.39 is 0 Å². The number of ether oxygens (including phenoxy) is 1. The van der Waals surface area contributed by atoms with Gasteiger partial charge in [0, 0.05) is 18.5 Å². The van der Waals surface area contributed by atoms with Crippen molar-refractivity contribution in [1.82, 2.24) is 9.88 Å². The summed E-state index contributed by atoms with van der Waals surface area (Å²) >= 11 is 0. The number of aryl methyl sites for hydroxylation is 1. The molecule has 128 valence electrons. The van der Waals surface area contributed by atoms with Crippen LogP contribution in [-0.2, 0) is 4.74 Å². The van der Waals surface area contributed by atoms with Crippen molar-refractivity contribution in [3.63, 3.8) is 0 Å². The number of pyridine rings is 1. The van der Waals surface area contributed by atoms with Crippen LogP contribution in [0.2, 0.25) is 0 Å². The average Bonchev–Trinajstić information content (AvgIpc) is 3.06. The van der Waals surface area contributed by atoms with Crippen molar-refractivity contribution >= 4 is 16.8 Å². The first-order valence-electron chi connectivity index (χ1n) is 8.49. The number of aromatic nitrogens is 1. The standard InChI is InChI=1S/C20H20N2O3/c1-13-7-8-19(25-13)18-11-16(15-5-3-4-6-17(15)21-18)20(23)22-9-10-24-14(2)12-22/h3-8,11,14H,9-10,12H2,1-2H3/t14-/m1/s1. The molecule has 1 aliphatic rings. The quantitative estimate of drug-likeness (QED) is 0.716. The number of morpholine rings is 1. The molecule has 1 aromatic carbocycles. The maximum Gasteiger partial charge on any atom is 0.254 e. The van der Waals surface area contributed by atoms with Crippen LogP contribution in [0.25, 0.3) is 22.4 Å². The first-order chi connectivity index (χ1) is 12.1. The third-order valence-electron chi connectivity index (χ3n) is 4.47. The number of carbonyl (C=O) groups excluding carboxylic acids is 1. The summed E-state index contributed by atoms with van der Waals surface area (Å²) in [7, 11) is 0. The summed E-state index contributed by atoms with van der Waals surface area (Å²) in [6.07, 6.45) is 0.0537. The molecule has 0 bridgehead atoms. The Morgan fingerprint density at radius 2 is 2.08 bits per heavy atom. The second-order valence-electron chi connectivity index (χ2n) is 6.42. The van der Waals surface area contributed by atoms with Gasteiger partial charge in [-0.05, 0) is 38.1 Å². The molecule has 4 rings (SSSR count). The van der Waals surface area contributed by atoms with E-state index in [-0.39, 0.29) is 12.0 Å². The Morgan fingerprint density at radius 3 is 2.84 bits per heavy atom. The lowest BCUT2D eigenvalue weighted by Crippen LogP contribution is -2.44. The molecule has 5 heteroatoms. The molecule has 0 aliphatic carbocycles. The number of hydrogen-bond donors (Lipinski definition) is 0. The normalized spacial score (nSPS) is 17.8. The summed E-state index contributed by atoms with van der Waals surface area (Å²) in [5.74, 6) is 1.51. The van der Waals surface area contributed by atoms with Gasteiger partial charge in [0.15, 0.2) is 5.76 Å². The van der Waals surface area contributed by atoms with E-state index in [0.29, 0.717) is 36.7 Å². The molecule has 0 saturated carbocycles. The van der Waals surface area contributed by atoms with E-state index in [1.165, 1.54) is 0 Å². The molecule has 1 fully saturated rings. The monoisotopic (exact) mass is 336 g/mol. The molecule has 25 heavy (non-hydrogen) atoms. The Hall–Kier alpha value is -2.66. The van der Waals surface area contributed by atoms with Crippen LogP contribution in [0.4, 0.5) is 0 Å². The van der Waals surface area contributed by atoms with Gasteiger partial charge in [-0.15, -0.1) is 0 Å². The molecule has 2 aromatic heterocycles. The molecule has 5 nitrogen and oxygen atoms in total. The van der Waals surface area contributed by atoms with Gasteiger partial charge in [-0.3, -0.25) is 4.79 Å². The zero-order chi connectivity index (χ0) is 17.4. The van der Waals surface area contributed by atoms with Crippen molar-refractivity contribution in [3.05, 3.63) is 53.8 Å². The minimum atomic E-state index is 0.0123. The summed E-state index contributed by atoms with van der Waals surface area (Å²) in [4.78, 5) is 19.7. The van der Waals surface area contributed by atoms with Gasteiger partial charge >= 0.3 is 0 Å². The Bertz CT molecular complexity index is 932. The highest BCUT2D eigenvalue weighted by atomic mass is 16.5. The van der Waals surface area contributed by atoms with Crippen molar-refractivity contribution in [2.45, 2.75) is 20.0 Å². The predicted molar refractivity (Wildman–Crippen MR) is 95.5 cm³/mol. The third kappa shape index (κ3) is 3.03. The SMILES string of the molecule is Cc1ccc(-c2cc(C(=O)N3CCO[C@H](C)C3)c3ccccc3n2)o1. The summed E-state index contributed by atoms with van der Waals surface area (Å²) in [6.45, 7) is 5.66. The predicted octanol–water partition coefficient (Wildman–Crippen LogP) is 3.66. The Labute approximate surface area is 146 Å². The molecule has 3 heterocycles. The largest absolute Gasteiger partial charge is 0.460 e. The smallest absolute Gasteiger partial charge is 0.254 e. The number of rotatable bonds is 2. The van der Waals surface area contributed by atoms with Crippen LogP contribution in [0.15, 0.2) is 46.9 Å². The summed E-state index contributed by atoms with van der Waals surface area (Å²) in [5.41, 5.74) is 2.12. The molecular weight excluding hydrogens is 316 g/mol. The van der Waals surface area contributed by atoms with Crippen LogP contribution in [0.5, 0.6) is 0 Å². The first kappa shape index (κ1) is 15.8. The Kier molecular flexibility index (Phi) is 4.01. The highest BCUT2D eigenvalue weighted by Crippen LogP contribution is 2.27. The van der Waals surface area contributed by atoms with E-state index in [1.807, 2.05) is 61.2 Å². The highest BCUT2D eigenvalue weighted by Gasteiger charge is 2.25. The third-order valence-corrected chi connectivity index (χ3v) is 4.47. The van der Waals surface area contributed by atoms with E-state index >= 15 is 0 Å². The summed E-state index contributed by atoms with van der Waals surface area (Å²) in [6, 6.07) is 13.3. The van der Waals surface area contributed by atoms with E-state index in [1.54, 1.807) is 0 Å². The van der Waals surface area contributed by atoms with E-state index in [4.69, 9.17) is 9.15 Å². The van der Waals surface area contributed by atoms with Crippen molar-refractivity contribution in [1.29, 1.82) is 0 Å². The zero-order valence-corrected chi connectivity index (χ0v) is 14.4. The van der Waals surface area contributed by atoms with Crippen LogP contribution in [0.3, 0.4) is 0 Å². The van der Waals surface area contributed by atoms with Gasteiger partial charge < -0.3 is 14.1 Å². The topological polar surface area (TPSA) is 55.6 Å². The second kappa shape index (κ2) is 6.33. The lowest BCUT2D eigenvalue weighted by atomic mass is 10.0. The minimum Gasteiger partial charge on any atom is -0.460 e. The van der Waals surface area contributed by atoms with Gasteiger partial charge in [0.1, 0.15) is 11.5 Å². The number of benzene rings is 1. The summed E-state index contributed by atoms with van der Waals surface area (Å²) in [5, 5.41) is 0.860. The molecule has 0 radical (unpaired) electrons. The van der Waals surface area contributed by atoms with Gasteiger partial charge in [0.25, 0.3) is 5.91 Å². The number of nitrogens with zero attached hydrogens (tertiary/aromatic N) is 2. The van der Waals surface area contributed by atoms with E-state index in [0.717, 1.165) is 16.7 Å². The molecular formula is C20H20N2O3. The number of para-hydroxylation sites is 1.